The lowest BCUT2D eigenvalue weighted by Crippen LogP contribution is -2.22. The first-order chi connectivity index (χ1) is 9.47. The average Bonchev–Trinajstić information content (AvgIpc) is 2.43. The van der Waals surface area contributed by atoms with Crippen molar-refractivity contribution in [3.8, 4) is 0 Å². The Morgan fingerprint density at radius 2 is 2.05 bits per heavy atom. The molecule has 2 aromatic carbocycles. The molecule has 1 amide bonds. The highest BCUT2D eigenvalue weighted by atomic mass is 79.9. The molecule has 20 heavy (non-hydrogen) atoms. The van der Waals surface area contributed by atoms with Gasteiger partial charge in [-0.3, -0.25) is 4.79 Å². The van der Waals surface area contributed by atoms with Crippen molar-refractivity contribution >= 4 is 39.1 Å². The van der Waals surface area contributed by atoms with Gasteiger partial charge in [-0.2, -0.15) is 0 Å². The second kappa shape index (κ2) is 6.24. The van der Waals surface area contributed by atoms with E-state index in [1.807, 2.05) is 0 Å². The van der Waals surface area contributed by atoms with E-state index < -0.39 is 5.82 Å². The minimum absolute atomic E-state index is 0.0342. The molecule has 3 N–H and O–H groups in total. The summed E-state index contributed by atoms with van der Waals surface area (Å²) < 4.78 is 13.7. The fourth-order valence-corrected chi connectivity index (χ4v) is 2.18. The smallest absolute Gasteiger partial charge is 0.251 e. The average molecular weight is 358 g/mol. The Bertz CT molecular complexity index is 664. The third-order valence-corrected chi connectivity index (χ3v) is 3.68. The van der Waals surface area contributed by atoms with E-state index in [1.54, 1.807) is 24.3 Å². The highest BCUT2D eigenvalue weighted by Gasteiger charge is 2.08. The van der Waals surface area contributed by atoms with Gasteiger partial charge in [-0.15, -0.1) is 0 Å². The molecule has 2 rings (SSSR count). The van der Waals surface area contributed by atoms with E-state index in [4.69, 9.17) is 17.3 Å². The number of nitrogens with two attached hydrogens (primary N) is 1. The van der Waals surface area contributed by atoms with Gasteiger partial charge in [0.05, 0.1) is 5.02 Å². The van der Waals surface area contributed by atoms with Gasteiger partial charge in [0.25, 0.3) is 5.91 Å². The SMILES string of the molecule is Nc1ccc(C(=O)NCc2ccc(F)c(Cl)c2)cc1Br. The maximum absolute atomic E-state index is 13.0. The van der Waals surface area contributed by atoms with Crippen molar-refractivity contribution in [1.82, 2.24) is 5.32 Å². The van der Waals surface area contributed by atoms with Crippen LogP contribution in [-0.2, 0) is 6.54 Å². The van der Waals surface area contributed by atoms with Crippen molar-refractivity contribution in [3.05, 3.63) is 62.8 Å². The molecule has 0 aliphatic carbocycles. The van der Waals surface area contributed by atoms with Crippen LogP contribution >= 0.6 is 27.5 Å². The summed E-state index contributed by atoms with van der Waals surface area (Å²) in [4.78, 5) is 12.0. The van der Waals surface area contributed by atoms with Crippen molar-refractivity contribution in [3.63, 3.8) is 0 Å². The fourth-order valence-electron chi connectivity index (χ4n) is 1.60. The van der Waals surface area contributed by atoms with E-state index in [0.29, 0.717) is 15.7 Å². The van der Waals surface area contributed by atoms with Crippen molar-refractivity contribution in [2.24, 2.45) is 0 Å². The summed E-state index contributed by atoms with van der Waals surface area (Å²) in [5.74, 6) is -0.727. The first kappa shape index (κ1) is 14.8. The van der Waals surface area contributed by atoms with Crippen LogP contribution in [0.15, 0.2) is 40.9 Å². The van der Waals surface area contributed by atoms with E-state index in [0.717, 1.165) is 5.56 Å². The van der Waals surface area contributed by atoms with Crippen LogP contribution in [0.25, 0.3) is 0 Å². The second-order valence-electron chi connectivity index (χ2n) is 4.17. The minimum atomic E-state index is -0.482. The lowest BCUT2D eigenvalue weighted by atomic mass is 10.2. The van der Waals surface area contributed by atoms with Gasteiger partial charge in [-0.1, -0.05) is 17.7 Å². The first-order valence-electron chi connectivity index (χ1n) is 5.74. The molecule has 0 aromatic heterocycles. The standard InChI is InChI=1S/C14H11BrClFN2O/c15-10-6-9(2-4-13(10)18)14(20)19-7-8-1-3-12(17)11(16)5-8/h1-6H,7,18H2,(H,19,20). The number of rotatable bonds is 3. The van der Waals surface area contributed by atoms with Gasteiger partial charge >= 0.3 is 0 Å². The third kappa shape index (κ3) is 3.49. The number of nitrogens with one attached hydrogen (secondary N) is 1. The van der Waals surface area contributed by atoms with Crippen LogP contribution in [0.4, 0.5) is 10.1 Å². The summed E-state index contributed by atoms with van der Waals surface area (Å²) in [6.45, 7) is 0.265. The number of halogens is 3. The Kier molecular flexibility index (Phi) is 4.62. The van der Waals surface area contributed by atoms with Crippen LogP contribution in [0.2, 0.25) is 5.02 Å². The van der Waals surface area contributed by atoms with E-state index >= 15 is 0 Å². The Balaban J connectivity index is 2.04. The molecule has 0 unspecified atom stereocenters. The molecule has 0 saturated carbocycles. The minimum Gasteiger partial charge on any atom is -0.398 e. The summed E-state index contributed by atoms with van der Waals surface area (Å²) in [5.41, 5.74) is 7.42. The zero-order valence-electron chi connectivity index (χ0n) is 10.3. The highest BCUT2D eigenvalue weighted by molar-refractivity contribution is 9.10. The molecule has 0 radical (unpaired) electrons. The van der Waals surface area contributed by atoms with E-state index in [9.17, 15) is 9.18 Å². The van der Waals surface area contributed by atoms with Crippen LogP contribution in [0.5, 0.6) is 0 Å². The molecule has 0 atom stereocenters. The van der Waals surface area contributed by atoms with Crippen LogP contribution in [-0.4, -0.2) is 5.91 Å². The molecule has 0 heterocycles. The molecule has 0 aliphatic rings. The molecular formula is C14H11BrClFN2O. The Labute approximate surface area is 129 Å². The maximum Gasteiger partial charge on any atom is 0.251 e. The number of hydrogen-bond acceptors (Lipinski definition) is 2. The Hall–Kier alpha value is -1.59. The zero-order chi connectivity index (χ0) is 14.7. The predicted molar refractivity (Wildman–Crippen MR) is 81.1 cm³/mol. The highest BCUT2D eigenvalue weighted by Crippen LogP contribution is 2.20. The molecule has 104 valence electrons. The number of amides is 1. The summed E-state index contributed by atoms with van der Waals surface area (Å²) in [6.07, 6.45) is 0. The quantitative estimate of drug-likeness (QED) is 0.822. The molecule has 2 aromatic rings. The van der Waals surface area contributed by atoms with Crippen molar-refractivity contribution in [2.75, 3.05) is 5.73 Å². The van der Waals surface area contributed by atoms with Gasteiger partial charge in [0, 0.05) is 22.3 Å². The molecular weight excluding hydrogens is 347 g/mol. The van der Waals surface area contributed by atoms with Gasteiger partial charge in [0.2, 0.25) is 0 Å². The zero-order valence-corrected chi connectivity index (χ0v) is 12.6. The summed E-state index contributed by atoms with van der Waals surface area (Å²) in [6, 6.07) is 9.24. The number of hydrogen-bond donors (Lipinski definition) is 2. The van der Waals surface area contributed by atoms with Gasteiger partial charge < -0.3 is 11.1 Å². The lowest BCUT2D eigenvalue weighted by molar-refractivity contribution is 0.0951. The molecule has 0 saturated heterocycles. The number of carbonyl (C=O) groups excluding carboxylic acids is 1. The molecule has 0 fully saturated rings. The predicted octanol–water partition coefficient (Wildman–Crippen LogP) is 3.75. The van der Waals surface area contributed by atoms with Crippen LogP contribution < -0.4 is 11.1 Å². The number of carbonyl (C=O) groups is 1. The number of nitrogen functional groups attached to an aromatic ring is 1. The van der Waals surface area contributed by atoms with E-state index in [1.165, 1.54) is 12.1 Å². The van der Waals surface area contributed by atoms with Crippen LogP contribution in [0.1, 0.15) is 15.9 Å². The van der Waals surface area contributed by atoms with Crippen molar-refractivity contribution in [1.29, 1.82) is 0 Å². The molecule has 6 heteroatoms. The molecule has 3 nitrogen and oxygen atoms in total. The normalized spacial score (nSPS) is 10.3. The third-order valence-electron chi connectivity index (χ3n) is 2.70. The van der Waals surface area contributed by atoms with Crippen molar-refractivity contribution < 1.29 is 9.18 Å². The Morgan fingerprint density at radius 1 is 1.30 bits per heavy atom. The van der Waals surface area contributed by atoms with Gasteiger partial charge in [0.15, 0.2) is 0 Å². The summed E-state index contributed by atoms with van der Waals surface area (Å²) in [5, 5.41) is 2.76. The van der Waals surface area contributed by atoms with Crippen molar-refractivity contribution in [2.45, 2.75) is 6.54 Å². The number of anilines is 1. The lowest BCUT2D eigenvalue weighted by Gasteiger charge is -2.07. The molecule has 0 bridgehead atoms. The Morgan fingerprint density at radius 3 is 2.70 bits per heavy atom. The van der Waals surface area contributed by atoms with Gasteiger partial charge in [-0.05, 0) is 51.8 Å². The summed E-state index contributed by atoms with van der Waals surface area (Å²) >= 11 is 8.94. The van der Waals surface area contributed by atoms with E-state index in [2.05, 4.69) is 21.2 Å². The maximum atomic E-state index is 13.0. The first-order valence-corrected chi connectivity index (χ1v) is 6.91. The fraction of sp³-hybridized carbons (Fsp3) is 0.0714. The van der Waals surface area contributed by atoms with E-state index in [-0.39, 0.29) is 17.5 Å². The molecule has 0 spiro atoms. The monoisotopic (exact) mass is 356 g/mol. The van der Waals surface area contributed by atoms with Gasteiger partial charge in [0.1, 0.15) is 5.82 Å². The number of benzene rings is 2. The van der Waals surface area contributed by atoms with Crippen LogP contribution in [0, 0.1) is 5.82 Å². The summed E-state index contributed by atoms with van der Waals surface area (Å²) in [7, 11) is 0. The second-order valence-corrected chi connectivity index (χ2v) is 5.43. The van der Waals surface area contributed by atoms with Crippen LogP contribution in [0.3, 0.4) is 0 Å². The van der Waals surface area contributed by atoms with Gasteiger partial charge in [-0.25, -0.2) is 4.39 Å². The molecule has 0 aliphatic heterocycles. The largest absolute Gasteiger partial charge is 0.398 e. The topological polar surface area (TPSA) is 55.1 Å².